The summed E-state index contributed by atoms with van der Waals surface area (Å²) < 4.78 is 64.7. The van der Waals surface area contributed by atoms with E-state index < -0.39 is 21.7 Å². The average molecular weight is 181 g/mol. The van der Waals surface area contributed by atoms with E-state index in [9.17, 15) is 26.0 Å². The highest BCUT2D eigenvalue weighted by molar-refractivity contribution is 7.90. The first-order valence-corrected chi connectivity index (χ1v) is 3.42. The third kappa shape index (κ3) is 1.57. The average Bonchev–Trinajstić information content (AvgIpc) is 1.62. The molecule has 0 aliphatic heterocycles. The van der Waals surface area contributed by atoms with Crippen LogP contribution in [0.1, 0.15) is 0 Å². The van der Waals surface area contributed by atoms with Gasteiger partial charge in [0.2, 0.25) is 0 Å². The lowest BCUT2D eigenvalue weighted by atomic mass is 10.7. The van der Waals surface area contributed by atoms with Gasteiger partial charge in [0, 0.05) is 0 Å². The van der Waals surface area contributed by atoms with E-state index in [-0.39, 0.29) is 0 Å². The van der Waals surface area contributed by atoms with Gasteiger partial charge in [-0.15, -0.1) is 0 Å². The molecule has 0 aromatic carbocycles. The van der Waals surface area contributed by atoms with Gasteiger partial charge in [0.05, 0.1) is 0 Å². The van der Waals surface area contributed by atoms with Crippen molar-refractivity contribution in [1.29, 1.82) is 0 Å². The normalized spacial score (nSPS) is 14.2. The molecule has 0 saturated heterocycles. The molecule has 0 atom stereocenters. The minimum Gasteiger partial charge on any atom is -0.223 e. The van der Waals surface area contributed by atoms with E-state index in [1.165, 1.54) is 0 Å². The minimum atomic E-state index is -5.48. The van der Waals surface area contributed by atoms with E-state index >= 15 is 0 Å². The number of halogens is 4. The van der Waals surface area contributed by atoms with Gasteiger partial charge < -0.3 is 0 Å². The van der Waals surface area contributed by atoms with Crippen molar-refractivity contribution in [2.24, 2.45) is 5.14 Å². The fraction of sp³-hybridized carbons (Fsp3) is 1.00. The molecular weight excluding hydrogens is 178 g/mol. The number of sulfonamides is 1. The van der Waals surface area contributed by atoms with Crippen LogP contribution in [0.15, 0.2) is 0 Å². The smallest absolute Gasteiger partial charge is 0.223 e. The van der Waals surface area contributed by atoms with Gasteiger partial charge in [-0.1, -0.05) is 0 Å². The molecule has 2 N–H and O–H groups in total. The second-order valence-electron chi connectivity index (χ2n) is 1.41. The molecular formula is C2H3F4NO2S. The van der Waals surface area contributed by atoms with E-state index in [0.29, 0.717) is 0 Å². The van der Waals surface area contributed by atoms with Crippen molar-refractivity contribution in [3.05, 3.63) is 0 Å². The summed E-state index contributed by atoms with van der Waals surface area (Å²) in [4.78, 5) is 0. The summed E-state index contributed by atoms with van der Waals surface area (Å²) in [5.74, 6) is 0. The lowest BCUT2D eigenvalue weighted by Gasteiger charge is -2.10. The molecule has 62 valence electrons. The highest BCUT2D eigenvalue weighted by atomic mass is 32.2. The first kappa shape index (κ1) is 9.63. The van der Waals surface area contributed by atoms with E-state index in [1.807, 2.05) is 0 Å². The van der Waals surface area contributed by atoms with Crippen LogP contribution in [0.5, 0.6) is 0 Å². The zero-order valence-corrected chi connectivity index (χ0v) is 5.21. The Balaban J connectivity index is 4.76. The van der Waals surface area contributed by atoms with Gasteiger partial charge in [0.15, 0.2) is 0 Å². The number of primary sulfonamides is 1. The third-order valence-corrected chi connectivity index (χ3v) is 1.57. The molecule has 0 radical (unpaired) electrons. The third-order valence-electron chi connectivity index (χ3n) is 0.633. The molecule has 0 unspecified atom stereocenters. The molecule has 0 aromatic heterocycles. The maximum atomic E-state index is 11.6. The summed E-state index contributed by atoms with van der Waals surface area (Å²) in [6.45, 7) is 0. The molecule has 0 aromatic rings. The number of rotatable bonds is 2. The molecule has 0 heterocycles. The lowest BCUT2D eigenvalue weighted by Crippen LogP contribution is -2.41. The summed E-state index contributed by atoms with van der Waals surface area (Å²) in [5.41, 5.74) is 0. The largest absolute Gasteiger partial charge is 0.417 e. The topological polar surface area (TPSA) is 60.2 Å². The van der Waals surface area contributed by atoms with Gasteiger partial charge in [0.1, 0.15) is 0 Å². The number of hydrogen-bond acceptors (Lipinski definition) is 2. The van der Waals surface area contributed by atoms with Crippen LogP contribution in [0.4, 0.5) is 17.6 Å². The predicted octanol–water partition coefficient (Wildman–Crippen LogP) is 0.133. The van der Waals surface area contributed by atoms with Crippen LogP contribution in [0, 0.1) is 0 Å². The quantitative estimate of drug-likeness (QED) is 0.615. The molecule has 0 aliphatic carbocycles. The highest BCUT2D eigenvalue weighted by Crippen LogP contribution is 2.26. The van der Waals surface area contributed by atoms with Crippen molar-refractivity contribution < 1.29 is 26.0 Å². The van der Waals surface area contributed by atoms with E-state index in [1.54, 1.807) is 0 Å². The molecule has 0 aliphatic rings. The fourth-order valence-corrected chi connectivity index (χ4v) is 0.373. The van der Waals surface area contributed by atoms with Gasteiger partial charge in [0.25, 0.3) is 10.0 Å². The summed E-state index contributed by atoms with van der Waals surface area (Å²) in [6.07, 6.45) is -4.29. The molecule has 0 saturated carbocycles. The summed E-state index contributed by atoms with van der Waals surface area (Å²) in [6, 6.07) is 0. The molecule has 0 bridgehead atoms. The fourth-order valence-electron chi connectivity index (χ4n) is 0.124. The van der Waals surface area contributed by atoms with Crippen LogP contribution in [0.25, 0.3) is 0 Å². The second kappa shape index (κ2) is 2.35. The Morgan fingerprint density at radius 3 is 1.60 bits per heavy atom. The molecule has 0 spiro atoms. The maximum Gasteiger partial charge on any atom is 0.417 e. The number of hydrogen-bond donors (Lipinski definition) is 1. The van der Waals surface area contributed by atoms with Gasteiger partial charge in [-0.25, -0.2) is 22.3 Å². The van der Waals surface area contributed by atoms with Crippen LogP contribution in [0.3, 0.4) is 0 Å². The molecule has 8 heteroatoms. The SMILES string of the molecule is NS(=O)(=O)C(F)(F)C(F)F. The van der Waals surface area contributed by atoms with E-state index in [0.717, 1.165) is 0 Å². The van der Waals surface area contributed by atoms with Crippen LogP contribution in [-0.4, -0.2) is 20.1 Å². The van der Waals surface area contributed by atoms with Crippen LogP contribution in [-0.2, 0) is 10.0 Å². The predicted molar refractivity (Wildman–Crippen MR) is 24.1 cm³/mol. The molecule has 0 fully saturated rings. The van der Waals surface area contributed by atoms with E-state index in [4.69, 9.17) is 0 Å². The zero-order chi connectivity index (χ0) is 8.58. The van der Waals surface area contributed by atoms with Crippen molar-refractivity contribution in [2.75, 3.05) is 0 Å². The molecule has 3 nitrogen and oxygen atoms in total. The minimum absolute atomic E-state index is 3.76. The van der Waals surface area contributed by atoms with Gasteiger partial charge in [-0.3, -0.25) is 0 Å². The standard InChI is InChI=1S/C2H3F4NO2S/c3-1(4)2(5,6)10(7,8)9/h1H,(H2,7,8,9). The Kier molecular flexibility index (Phi) is 2.26. The van der Waals surface area contributed by atoms with Crippen molar-refractivity contribution >= 4 is 10.0 Å². The van der Waals surface area contributed by atoms with Crippen LogP contribution >= 0.6 is 0 Å². The molecule has 0 amide bonds. The van der Waals surface area contributed by atoms with Gasteiger partial charge in [-0.05, 0) is 0 Å². The highest BCUT2D eigenvalue weighted by Gasteiger charge is 2.52. The van der Waals surface area contributed by atoms with Crippen LogP contribution < -0.4 is 5.14 Å². The first-order chi connectivity index (χ1) is 4.19. The summed E-state index contributed by atoms with van der Waals surface area (Å²) >= 11 is 0. The Bertz CT molecular complexity index is 209. The van der Waals surface area contributed by atoms with Gasteiger partial charge >= 0.3 is 11.7 Å². The van der Waals surface area contributed by atoms with Crippen molar-refractivity contribution in [3.8, 4) is 0 Å². The Hall–Kier alpha value is -0.370. The monoisotopic (exact) mass is 181 g/mol. The summed E-state index contributed by atoms with van der Waals surface area (Å²) in [5, 5.41) is -1.39. The first-order valence-electron chi connectivity index (χ1n) is 1.88. The van der Waals surface area contributed by atoms with Crippen molar-refractivity contribution in [1.82, 2.24) is 0 Å². The van der Waals surface area contributed by atoms with Crippen LogP contribution in [0.2, 0.25) is 0 Å². The van der Waals surface area contributed by atoms with Gasteiger partial charge in [-0.2, -0.15) is 8.78 Å². The molecule has 0 rings (SSSR count). The summed E-state index contributed by atoms with van der Waals surface area (Å²) in [7, 11) is -5.48. The Morgan fingerprint density at radius 2 is 1.60 bits per heavy atom. The zero-order valence-electron chi connectivity index (χ0n) is 4.39. The number of alkyl halides is 4. The van der Waals surface area contributed by atoms with E-state index in [2.05, 4.69) is 5.14 Å². The Morgan fingerprint density at radius 1 is 1.30 bits per heavy atom. The lowest BCUT2D eigenvalue weighted by molar-refractivity contribution is -0.0636. The Labute approximate surface area is 53.9 Å². The van der Waals surface area contributed by atoms with Crippen molar-refractivity contribution in [2.45, 2.75) is 11.7 Å². The second-order valence-corrected chi connectivity index (χ2v) is 3.04. The molecule has 10 heavy (non-hydrogen) atoms. The maximum absolute atomic E-state index is 11.6. The number of nitrogens with two attached hydrogens (primary N) is 1. The van der Waals surface area contributed by atoms with Crippen molar-refractivity contribution in [3.63, 3.8) is 0 Å².